The van der Waals surface area contributed by atoms with Crippen LogP contribution >= 0.6 is 24.0 Å². The maximum atomic E-state index is 14.9. The number of nitrogens with one attached hydrogen (secondary N) is 1. The van der Waals surface area contributed by atoms with E-state index in [1.54, 1.807) is 21.9 Å². The van der Waals surface area contributed by atoms with E-state index < -0.39 is 29.5 Å². The minimum atomic E-state index is -0.746. The quantitative estimate of drug-likeness (QED) is 0.507. The first-order chi connectivity index (χ1) is 19.2. The molecule has 0 radical (unpaired) electrons. The van der Waals surface area contributed by atoms with Gasteiger partial charge in [-0.05, 0) is 57.0 Å². The Morgan fingerprint density at radius 2 is 1.69 bits per heavy atom. The van der Waals surface area contributed by atoms with Crippen molar-refractivity contribution >= 4 is 41.7 Å². The predicted molar refractivity (Wildman–Crippen MR) is 162 cm³/mol. The molecule has 2 aromatic rings. The first kappa shape index (κ1) is 33.7. The summed E-state index contributed by atoms with van der Waals surface area (Å²) in [7, 11) is 0. The van der Waals surface area contributed by atoms with Gasteiger partial charge in [-0.1, -0.05) is 29.8 Å². The third-order valence-electron chi connectivity index (χ3n) is 8.20. The smallest absolute Gasteiger partial charge is 0.245 e. The van der Waals surface area contributed by atoms with Gasteiger partial charge in [0.2, 0.25) is 17.7 Å². The van der Waals surface area contributed by atoms with Crippen LogP contribution in [0.25, 0.3) is 0 Å². The zero-order valence-corrected chi connectivity index (χ0v) is 26.3. The highest BCUT2D eigenvalue weighted by Crippen LogP contribution is 2.39. The molecule has 2 saturated heterocycles. The van der Waals surface area contributed by atoms with Crippen molar-refractivity contribution in [2.24, 2.45) is 5.92 Å². The Morgan fingerprint density at radius 3 is 2.26 bits per heavy atom. The predicted octanol–water partition coefficient (Wildman–Crippen LogP) is 4.66. The highest BCUT2D eigenvalue weighted by molar-refractivity contribution is 6.30. The number of likely N-dealkylation sites (tertiary alicyclic amines) is 1. The number of amides is 3. The van der Waals surface area contributed by atoms with Gasteiger partial charge in [-0.15, -0.1) is 12.4 Å². The number of nitrogens with zero attached hydrogens (tertiary/aromatic N) is 3. The summed E-state index contributed by atoms with van der Waals surface area (Å²) >= 11 is 5.99. The molecule has 0 bridgehead atoms. The molecule has 1 N–H and O–H groups in total. The van der Waals surface area contributed by atoms with Gasteiger partial charge in [-0.25, -0.2) is 8.78 Å². The zero-order chi connectivity index (χ0) is 30.1. The van der Waals surface area contributed by atoms with Gasteiger partial charge in [0.05, 0.1) is 5.92 Å². The molecule has 0 aliphatic carbocycles. The van der Waals surface area contributed by atoms with Gasteiger partial charge < -0.3 is 15.1 Å². The number of halogens is 4. The van der Waals surface area contributed by atoms with E-state index in [9.17, 15) is 23.2 Å². The van der Waals surface area contributed by atoms with Crippen molar-refractivity contribution in [3.8, 4) is 0 Å². The minimum Gasteiger partial charge on any atom is -0.344 e. The molecule has 3 amide bonds. The Morgan fingerprint density at radius 1 is 1.02 bits per heavy atom. The molecule has 11 heteroatoms. The van der Waals surface area contributed by atoms with Gasteiger partial charge >= 0.3 is 0 Å². The number of piperazine rings is 1. The molecule has 2 heterocycles. The second-order valence-electron chi connectivity index (χ2n) is 12.2. The van der Waals surface area contributed by atoms with Gasteiger partial charge in [0, 0.05) is 74.7 Å². The molecule has 2 aliphatic rings. The van der Waals surface area contributed by atoms with Crippen LogP contribution in [0.1, 0.15) is 51.7 Å². The largest absolute Gasteiger partial charge is 0.344 e. The minimum absolute atomic E-state index is 0. The van der Waals surface area contributed by atoms with Gasteiger partial charge in [0.25, 0.3) is 0 Å². The summed E-state index contributed by atoms with van der Waals surface area (Å²) in [6.07, 6.45) is 0.318. The molecule has 0 unspecified atom stereocenters. The van der Waals surface area contributed by atoms with Crippen LogP contribution in [0.2, 0.25) is 5.02 Å². The van der Waals surface area contributed by atoms with Crippen molar-refractivity contribution < 1.29 is 23.2 Å². The molecule has 230 valence electrons. The van der Waals surface area contributed by atoms with Crippen molar-refractivity contribution in [3.63, 3.8) is 0 Å². The van der Waals surface area contributed by atoms with Gasteiger partial charge in [0.15, 0.2) is 0 Å². The van der Waals surface area contributed by atoms with Crippen LogP contribution in [0.5, 0.6) is 0 Å². The fraction of sp³-hybridized carbons (Fsp3) is 0.516. The summed E-state index contributed by atoms with van der Waals surface area (Å²) < 4.78 is 28.6. The lowest BCUT2D eigenvalue weighted by atomic mass is 9.87. The normalized spacial score (nSPS) is 22.0. The Bertz CT molecular complexity index is 1290. The number of carbonyl (C=O) groups excluding carboxylic acids is 3. The Labute approximate surface area is 258 Å². The lowest BCUT2D eigenvalue weighted by Gasteiger charge is -2.42. The summed E-state index contributed by atoms with van der Waals surface area (Å²) in [6, 6.07) is 9.67. The maximum Gasteiger partial charge on any atom is 0.245 e. The topological polar surface area (TPSA) is 73.0 Å². The van der Waals surface area contributed by atoms with E-state index in [4.69, 9.17) is 11.6 Å². The third-order valence-corrected chi connectivity index (χ3v) is 8.45. The van der Waals surface area contributed by atoms with Crippen molar-refractivity contribution in [2.45, 2.75) is 64.6 Å². The van der Waals surface area contributed by atoms with Gasteiger partial charge in [-0.2, -0.15) is 0 Å². The van der Waals surface area contributed by atoms with Crippen LogP contribution in [-0.2, 0) is 20.8 Å². The van der Waals surface area contributed by atoms with Crippen molar-refractivity contribution in [3.05, 3.63) is 70.2 Å². The lowest BCUT2D eigenvalue weighted by Crippen LogP contribution is -2.60. The molecular formula is C31H40Cl2F2N4O3. The molecule has 0 spiro atoms. The molecule has 2 fully saturated rings. The third kappa shape index (κ3) is 7.79. The van der Waals surface area contributed by atoms with E-state index in [-0.39, 0.29) is 41.7 Å². The summed E-state index contributed by atoms with van der Waals surface area (Å²) in [5.41, 5.74) is 0.981. The SMILES string of the molecule is CC(=O)N[C@@H](Cc1ccc(Cl)cc1)C(=O)N1CCN(C(=O)[C@@H]2CN(C(C)(C)C)C[C@H]2c2ccc(F)cc2F)[C@@H](C)C1.Cl. The van der Waals surface area contributed by atoms with Crippen LogP contribution in [-0.4, -0.2) is 82.8 Å². The van der Waals surface area contributed by atoms with Crippen molar-refractivity contribution in [1.29, 1.82) is 0 Å². The van der Waals surface area contributed by atoms with Crippen LogP contribution < -0.4 is 5.32 Å². The number of hydrogen-bond acceptors (Lipinski definition) is 4. The van der Waals surface area contributed by atoms with Gasteiger partial charge in [-0.3, -0.25) is 19.3 Å². The second-order valence-corrected chi connectivity index (χ2v) is 12.6. The van der Waals surface area contributed by atoms with Crippen LogP contribution in [0, 0.1) is 17.6 Å². The molecule has 42 heavy (non-hydrogen) atoms. The van der Waals surface area contributed by atoms with Crippen molar-refractivity contribution in [2.75, 3.05) is 32.7 Å². The Balaban J connectivity index is 0.00000484. The summed E-state index contributed by atoms with van der Waals surface area (Å²) in [6.45, 7) is 11.3. The van der Waals surface area contributed by atoms with E-state index in [1.165, 1.54) is 19.1 Å². The van der Waals surface area contributed by atoms with Crippen LogP contribution in [0.4, 0.5) is 8.78 Å². The van der Waals surface area contributed by atoms with E-state index in [2.05, 4.69) is 31.0 Å². The number of hydrogen-bond donors (Lipinski definition) is 1. The molecule has 7 nitrogen and oxygen atoms in total. The van der Waals surface area contributed by atoms with Crippen LogP contribution in [0.15, 0.2) is 42.5 Å². The standard InChI is InChI=1S/C31H39ClF2N4O3.ClH/c1-19-16-36(30(41)28(35-20(2)39)14-21-6-8-22(32)9-7-21)12-13-38(19)29(40)26-18-37(31(3,4)5)17-25(26)24-11-10-23(33)15-27(24)34;/h6-11,15,19,25-26,28H,12-14,16-18H2,1-5H3,(H,35,39);1H/t19-,25-,26+,28-;/m0./s1. The fourth-order valence-electron chi connectivity index (χ4n) is 5.94. The number of benzene rings is 2. The molecule has 0 aromatic heterocycles. The molecule has 2 aromatic carbocycles. The highest BCUT2D eigenvalue weighted by Gasteiger charge is 2.46. The first-order valence-corrected chi connectivity index (χ1v) is 14.4. The molecular weight excluding hydrogens is 585 g/mol. The number of carbonyl (C=O) groups is 3. The van der Waals surface area contributed by atoms with E-state index in [0.717, 1.165) is 11.6 Å². The average molecular weight is 626 g/mol. The molecule has 0 saturated carbocycles. The second kappa shape index (κ2) is 13.7. The monoisotopic (exact) mass is 624 g/mol. The molecule has 2 aliphatic heterocycles. The van der Waals surface area contributed by atoms with E-state index in [1.807, 2.05) is 19.1 Å². The maximum absolute atomic E-state index is 14.9. The fourth-order valence-corrected chi connectivity index (χ4v) is 6.07. The molecule has 4 atom stereocenters. The van der Waals surface area contributed by atoms with Crippen LogP contribution in [0.3, 0.4) is 0 Å². The Hall–Kier alpha value is -2.75. The molecule has 4 rings (SSSR count). The highest BCUT2D eigenvalue weighted by atomic mass is 35.5. The summed E-state index contributed by atoms with van der Waals surface area (Å²) in [5.74, 6) is -2.82. The summed E-state index contributed by atoms with van der Waals surface area (Å²) in [4.78, 5) is 45.1. The Kier molecular flexibility index (Phi) is 11.0. The zero-order valence-electron chi connectivity index (χ0n) is 24.7. The lowest BCUT2D eigenvalue weighted by molar-refractivity contribution is -0.146. The average Bonchev–Trinajstić information content (AvgIpc) is 3.34. The van der Waals surface area contributed by atoms with E-state index >= 15 is 0 Å². The number of rotatable bonds is 6. The van der Waals surface area contributed by atoms with E-state index in [0.29, 0.717) is 49.7 Å². The van der Waals surface area contributed by atoms with Gasteiger partial charge in [0.1, 0.15) is 17.7 Å². The summed E-state index contributed by atoms with van der Waals surface area (Å²) in [5, 5.41) is 3.36. The first-order valence-electron chi connectivity index (χ1n) is 14.1. The van der Waals surface area contributed by atoms with Crippen molar-refractivity contribution in [1.82, 2.24) is 20.0 Å².